The van der Waals surface area contributed by atoms with Crippen molar-refractivity contribution < 1.29 is 9.47 Å². The smallest absolute Gasteiger partial charge is 0.120 e. The van der Waals surface area contributed by atoms with E-state index in [0.717, 1.165) is 31.1 Å². The van der Waals surface area contributed by atoms with E-state index in [4.69, 9.17) is 9.47 Å². The molecule has 1 unspecified atom stereocenters. The van der Waals surface area contributed by atoms with Crippen molar-refractivity contribution >= 4 is 0 Å². The first kappa shape index (κ1) is 12.8. The van der Waals surface area contributed by atoms with E-state index in [0.29, 0.717) is 0 Å². The molecule has 1 N–H and O–H groups in total. The molecule has 0 saturated carbocycles. The van der Waals surface area contributed by atoms with Crippen LogP contribution in [0.4, 0.5) is 0 Å². The summed E-state index contributed by atoms with van der Waals surface area (Å²) >= 11 is 0. The first-order chi connectivity index (χ1) is 7.76. The van der Waals surface area contributed by atoms with Crippen molar-refractivity contribution in [2.75, 3.05) is 20.2 Å². The van der Waals surface area contributed by atoms with Crippen molar-refractivity contribution in [3.63, 3.8) is 0 Å². The van der Waals surface area contributed by atoms with Crippen LogP contribution in [0.2, 0.25) is 0 Å². The van der Waals surface area contributed by atoms with E-state index in [9.17, 15) is 0 Å². The maximum absolute atomic E-state index is 5.70. The van der Waals surface area contributed by atoms with Crippen molar-refractivity contribution in [2.24, 2.45) is 0 Å². The average Bonchev–Trinajstić information content (AvgIpc) is 2.28. The van der Waals surface area contributed by atoms with Gasteiger partial charge in [-0.2, -0.15) is 0 Å². The maximum Gasteiger partial charge on any atom is 0.120 e. The zero-order valence-corrected chi connectivity index (χ0v) is 10.3. The van der Waals surface area contributed by atoms with Crippen molar-refractivity contribution in [1.82, 2.24) is 5.32 Å². The topological polar surface area (TPSA) is 30.5 Å². The lowest BCUT2D eigenvalue weighted by Gasteiger charge is -2.14. The molecule has 0 bridgehead atoms. The Morgan fingerprint density at radius 1 is 1.19 bits per heavy atom. The molecule has 0 aliphatic rings. The van der Waals surface area contributed by atoms with Crippen LogP contribution in [-0.2, 0) is 0 Å². The standard InChI is InChI=1S/C13H21NO2/c1-4-9-15-12-5-7-13(8-6-12)16-11(2)10-14-3/h5-8,11,14H,4,9-10H2,1-3H3. The maximum atomic E-state index is 5.70. The van der Waals surface area contributed by atoms with Gasteiger partial charge in [0.2, 0.25) is 0 Å². The normalized spacial score (nSPS) is 12.2. The van der Waals surface area contributed by atoms with Crippen LogP contribution in [0.25, 0.3) is 0 Å². The van der Waals surface area contributed by atoms with Gasteiger partial charge in [0.25, 0.3) is 0 Å². The summed E-state index contributed by atoms with van der Waals surface area (Å²) in [6.45, 7) is 5.74. The minimum Gasteiger partial charge on any atom is -0.494 e. The van der Waals surface area contributed by atoms with E-state index in [2.05, 4.69) is 12.2 Å². The minimum atomic E-state index is 0.174. The highest BCUT2D eigenvalue weighted by Gasteiger charge is 2.02. The second kappa shape index (κ2) is 7.12. The SMILES string of the molecule is CCCOc1ccc(OC(C)CNC)cc1. The highest BCUT2D eigenvalue weighted by molar-refractivity contribution is 5.31. The van der Waals surface area contributed by atoms with E-state index in [1.54, 1.807) is 0 Å². The molecular formula is C13H21NO2. The lowest BCUT2D eigenvalue weighted by molar-refractivity contribution is 0.220. The predicted octanol–water partition coefficient (Wildman–Crippen LogP) is 2.46. The number of ether oxygens (including phenoxy) is 2. The fourth-order valence-corrected chi connectivity index (χ4v) is 1.40. The van der Waals surface area contributed by atoms with E-state index in [-0.39, 0.29) is 6.10 Å². The Bertz CT molecular complexity index is 284. The van der Waals surface area contributed by atoms with Gasteiger partial charge in [0.1, 0.15) is 17.6 Å². The Labute approximate surface area is 97.8 Å². The van der Waals surface area contributed by atoms with Gasteiger partial charge in [0.15, 0.2) is 0 Å². The molecule has 0 radical (unpaired) electrons. The fourth-order valence-electron chi connectivity index (χ4n) is 1.40. The number of rotatable bonds is 7. The third-order valence-electron chi connectivity index (χ3n) is 2.13. The van der Waals surface area contributed by atoms with E-state index >= 15 is 0 Å². The molecule has 16 heavy (non-hydrogen) atoms. The lowest BCUT2D eigenvalue weighted by Crippen LogP contribution is -2.25. The Balaban J connectivity index is 2.44. The van der Waals surface area contributed by atoms with Crippen LogP contribution in [-0.4, -0.2) is 26.3 Å². The van der Waals surface area contributed by atoms with Crippen molar-refractivity contribution in [3.8, 4) is 11.5 Å². The molecule has 3 heteroatoms. The summed E-state index contributed by atoms with van der Waals surface area (Å²) in [5, 5.41) is 3.08. The number of hydrogen-bond donors (Lipinski definition) is 1. The third kappa shape index (κ3) is 4.53. The van der Waals surface area contributed by atoms with Gasteiger partial charge < -0.3 is 14.8 Å². The molecule has 1 atom stereocenters. The molecule has 0 aliphatic carbocycles. The fraction of sp³-hybridized carbons (Fsp3) is 0.538. The van der Waals surface area contributed by atoms with Gasteiger partial charge in [0, 0.05) is 6.54 Å². The lowest BCUT2D eigenvalue weighted by atomic mass is 10.3. The molecule has 0 aliphatic heterocycles. The van der Waals surface area contributed by atoms with Gasteiger partial charge in [-0.15, -0.1) is 0 Å². The first-order valence-corrected chi connectivity index (χ1v) is 5.80. The van der Waals surface area contributed by atoms with Crippen LogP contribution in [0, 0.1) is 0 Å². The monoisotopic (exact) mass is 223 g/mol. The molecule has 1 aromatic rings. The van der Waals surface area contributed by atoms with Crippen LogP contribution < -0.4 is 14.8 Å². The van der Waals surface area contributed by atoms with Crippen LogP contribution in [0.3, 0.4) is 0 Å². The predicted molar refractivity (Wildman–Crippen MR) is 66.2 cm³/mol. The Hall–Kier alpha value is -1.22. The van der Waals surface area contributed by atoms with Gasteiger partial charge in [-0.1, -0.05) is 6.92 Å². The zero-order valence-electron chi connectivity index (χ0n) is 10.3. The number of likely N-dealkylation sites (N-methyl/N-ethyl adjacent to an activating group) is 1. The van der Waals surface area contributed by atoms with Gasteiger partial charge in [-0.25, -0.2) is 0 Å². The molecule has 0 spiro atoms. The molecule has 0 fully saturated rings. The third-order valence-corrected chi connectivity index (χ3v) is 2.13. The zero-order chi connectivity index (χ0) is 11.8. The highest BCUT2D eigenvalue weighted by Crippen LogP contribution is 2.18. The summed E-state index contributed by atoms with van der Waals surface area (Å²) in [4.78, 5) is 0. The summed E-state index contributed by atoms with van der Waals surface area (Å²) in [6.07, 6.45) is 1.20. The largest absolute Gasteiger partial charge is 0.494 e. The summed E-state index contributed by atoms with van der Waals surface area (Å²) in [5.74, 6) is 1.78. The van der Waals surface area contributed by atoms with Crippen LogP contribution in [0.15, 0.2) is 24.3 Å². The Kier molecular flexibility index (Phi) is 5.72. The van der Waals surface area contributed by atoms with E-state index in [1.807, 2.05) is 38.2 Å². The summed E-state index contributed by atoms with van der Waals surface area (Å²) in [5.41, 5.74) is 0. The van der Waals surface area contributed by atoms with Gasteiger partial charge >= 0.3 is 0 Å². The van der Waals surface area contributed by atoms with Crippen molar-refractivity contribution in [1.29, 1.82) is 0 Å². The highest BCUT2D eigenvalue weighted by atomic mass is 16.5. The Morgan fingerprint density at radius 2 is 1.81 bits per heavy atom. The van der Waals surface area contributed by atoms with Crippen LogP contribution >= 0.6 is 0 Å². The second-order valence-corrected chi connectivity index (χ2v) is 3.81. The Morgan fingerprint density at radius 3 is 2.38 bits per heavy atom. The molecule has 0 aromatic heterocycles. The molecule has 1 aromatic carbocycles. The number of nitrogens with one attached hydrogen (secondary N) is 1. The minimum absolute atomic E-state index is 0.174. The molecule has 3 nitrogen and oxygen atoms in total. The molecule has 0 heterocycles. The van der Waals surface area contributed by atoms with Gasteiger partial charge in [0.05, 0.1) is 6.61 Å². The van der Waals surface area contributed by atoms with Crippen molar-refractivity contribution in [2.45, 2.75) is 26.4 Å². The quantitative estimate of drug-likeness (QED) is 0.770. The molecular weight excluding hydrogens is 202 g/mol. The summed E-state index contributed by atoms with van der Waals surface area (Å²) < 4.78 is 11.2. The number of hydrogen-bond acceptors (Lipinski definition) is 3. The molecule has 0 amide bonds. The van der Waals surface area contributed by atoms with Crippen LogP contribution in [0.5, 0.6) is 11.5 Å². The van der Waals surface area contributed by atoms with Crippen molar-refractivity contribution in [3.05, 3.63) is 24.3 Å². The summed E-state index contributed by atoms with van der Waals surface area (Å²) in [6, 6.07) is 7.77. The number of benzene rings is 1. The van der Waals surface area contributed by atoms with Crippen LogP contribution in [0.1, 0.15) is 20.3 Å². The molecule has 1 rings (SSSR count). The average molecular weight is 223 g/mol. The first-order valence-electron chi connectivity index (χ1n) is 5.80. The van der Waals surface area contributed by atoms with Gasteiger partial charge in [-0.05, 0) is 44.7 Å². The molecule has 0 saturated heterocycles. The summed E-state index contributed by atoms with van der Waals surface area (Å²) in [7, 11) is 1.92. The second-order valence-electron chi connectivity index (χ2n) is 3.81. The van der Waals surface area contributed by atoms with E-state index in [1.165, 1.54) is 0 Å². The molecule has 90 valence electrons. The van der Waals surface area contributed by atoms with Gasteiger partial charge in [-0.3, -0.25) is 0 Å². The van der Waals surface area contributed by atoms with E-state index < -0.39 is 0 Å².